The third-order valence-electron chi connectivity index (χ3n) is 3.59. The fourth-order valence-electron chi connectivity index (χ4n) is 2.29. The summed E-state index contributed by atoms with van der Waals surface area (Å²) in [5.74, 6) is 0.361. The number of anilines is 2. The SMILES string of the molecule is CC(C)CNC(=O)Nc1ccc2nc(NS(=O)(=O)c3ccccc3)sc2c1. The van der Waals surface area contributed by atoms with Crippen molar-refractivity contribution in [3.05, 3.63) is 48.5 Å². The molecule has 0 aliphatic carbocycles. The Morgan fingerprint density at radius 2 is 1.89 bits per heavy atom. The van der Waals surface area contributed by atoms with Crippen LogP contribution in [0.15, 0.2) is 53.4 Å². The summed E-state index contributed by atoms with van der Waals surface area (Å²) in [6.45, 7) is 4.61. The molecule has 0 fully saturated rings. The van der Waals surface area contributed by atoms with Gasteiger partial charge in [0.2, 0.25) is 0 Å². The van der Waals surface area contributed by atoms with Gasteiger partial charge >= 0.3 is 6.03 Å². The zero-order valence-electron chi connectivity index (χ0n) is 14.9. The first-order valence-electron chi connectivity index (χ1n) is 8.37. The molecule has 0 unspecified atom stereocenters. The number of amides is 2. The first kappa shape index (κ1) is 19.1. The molecule has 1 heterocycles. The number of nitrogens with one attached hydrogen (secondary N) is 3. The van der Waals surface area contributed by atoms with Crippen LogP contribution in [0.5, 0.6) is 0 Å². The van der Waals surface area contributed by atoms with Gasteiger partial charge in [-0.3, -0.25) is 4.72 Å². The Balaban J connectivity index is 1.75. The number of nitrogens with zero attached hydrogens (tertiary/aromatic N) is 1. The second-order valence-corrected chi connectivity index (χ2v) is 9.06. The topological polar surface area (TPSA) is 100 Å². The molecule has 7 nitrogen and oxygen atoms in total. The van der Waals surface area contributed by atoms with Crippen molar-refractivity contribution in [1.82, 2.24) is 10.3 Å². The normalized spacial score (nSPS) is 11.5. The van der Waals surface area contributed by atoms with Crippen LogP contribution in [-0.4, -0.2) is 26.0 Å². The molecule has 1 aromatic heterocycles. The van der Waals surface area contributed by atoms with Crippen molar-refractivity contribution in [3.63, 3.8) is 0 Å². The molecule has 3 N–H and O–H groups in total. The van der Waals surface area contributed by atoms with Crippen molar-refractivity contribution in [2.45, 2.75) is 18.7 Å². The van der Waals surface area contributed by atoms with Gasteiger partial charge in [-0.2, -0.15) is 0 Å². The third-order valence-corrected chi connectivity index (χ3v) is 6.01. The van der Waals surface area contributed by atoms with E-state index in [1.54, 1.807) is 36.4 Å². The van der Waals surface area contributed by atoms with E-state index in [0.29, 0.717) is 23.7 Å². The van der Waals surface area contributed by atoms with Crippen LogP contribution in [0.25, 0.3) is 10.2 Å². The second kappa shape index (κ2) is 7.93. The number of carbonyl (C=O) groups is 1. The average molecular weight is 405 g/mol. The van der Waals surface area contributed by atoms with Crippen LogP contribution in [0.4, 0.5) is 15.6 Å². The lowest BCUT2D eigenvalue weighted by Gasteiger charge is -2.09. The molecule has 3 aromatic rings. The highest BCUT2D eigenvalue weighted by Gasteiger charge is 2.16. The lowest BCUT2D eigenvalue weighted by atomic mass is 10.2. The van der Waals surface area contributed by atoms with Crippen molar-refractivity contribution in [3.8, 4) is 0 Å². The Labute approximate surface area is 161 Å². The highest BCUT2D eigenvalue weighted by Crippen LogP contribution is 2.29. The van der Waals surface area contributed by atoms with Gasteiger partial charge in [-0.05, 0) is 36.2 Å². The van der Waals surface area contributed by atoms with Gasteiger partial charge in [0.25, 0.3) is 10.0 Å². The number of hydrogen-bond acceptors (Lipinski definition) is 5. The molecule has 0 aliphatic heterocycles. The lowest BCUT2D eigenvalue weighted by Crippen LogP contribution is -2.31. The number of rotatable bonds is 6. The predicted octanol–water partition coefficient (Wildman–Crippen LogP) is 3.87. The van der Waals surface area contributed by atoms with Crippen LogP contribution in [0.2, 0.25) is 0 Å². The van der Waals surface area contributed by atoms with Crippen LogP contribution in [0, 0.1) is 5.92 Å². The second-order valence-electron chi connectivity index (χ2n) is 6.35. The van der Waals surface area contributed by atoms with Gasteiger partial charge in [0.1, 0.15) is 0 Å². The Kier molecular flexibility index (Phi) is 5.62. The Morgan fingerprint density at radius 3 is 2.59 bits per heavy atom. The summed E-state index contributed by atoms with van der Waals surface area (Å²) in [5, 5.41) is 5.82. The number of thiazole rings is 1. The molecule has 0 bridgehead atoms. The van der Waals surface area contributed by atoms with E-state index in [-0.39, 0.29) is 16.1 Å². The van der Waals surface area contributed by atoms with Crippen molar-refractivity contribution < 1.29 is 13.2 Å². The van der Waals surface area contributed by atoms with Crippen LogP contribution in [-0.2, 0) is 10.0 Å². The monoisotopic (exact) mass is 404 g/mol. The van der Waals surface area contributed by atoms with Crippen molar-refractivity contribution in [1.29, 1.82) is 0 Å². The Hall–Kier alpha value is -2.65. The fourth-order valence-corrected chi connectivity index (χ4v) is 4.45. The van der Waals surface area contributed by atoms with E-state index in [1.165, 1.54) is 23.5 Å². The number of aromatic nitrogens is 1. The van der Waals surface area contributed by atoms with Crippen molar-refractivity contribution in [2.24, 2.45) is 5.92 Å². The smallest absolute Gasteiger partial charge is 0.319 e. The first-order valence-corrected chi connectivity index (χ1v) is 10.7. The first-order chi connectivity index (χ1) is 12.8. The molecular weight excluding hydrogens is 384 g/mol. The molecular formula is C18H20N4O3S2. The molecule has 3 rings (SSSR count). The van der Waals surface area contributed by atoms with E-state index in [0.717, 1.165) is 4.70 Å². The van der Waals surface area contributed by atoms with Gasteiger partial charge in [-0.1, -0.05) is 43.4 Å². The van der Waals surface area contributed by atoms with Crippen LogP contribution >= 0.6 is 11.3 Å². The van der Waals surface area contributed by atoms with Gasteiger partial charge in [0.15, 0.2) is 5.13 Å². The summed E-state index contributed by atoms with van der Waals surface area (Å²) in [4.78, 5) is 16.4. The Morgan fingerprint density at radius 1 is 1.15 bits per heavy atom. The summed E-state index contributed by atoms with van der Waals surface area (Å²) in [6.07, 6.45) is 0. The summed E-state index contributed by atoms with van der Waals surface area (Å²) >= 11 is 1.21. The van der Waals surface area contributed by atoms with Crippen molar-refractivity contribution in [2.75, 3.05) is 16.6 Å². The summed E-state index contributed by atoms with van der Waals surface area (Å²) in [7, 11) is -3.69. The zero-order valence-corrected chi connectivity index (χ0v) is 16.5. The molecule has 0 aliphatic rings. The highest BCUT2D eigenvalue weighted by molar-refractivity contribution is 7.93. The minimum absolute atomic E-state index is 0.174. The molecule has 142 valence electrons. The van der Waals surface area contributed by atoms with E-state index < -0.39 is 10.0 Å². The molecule has 0 spiro atoms. The molecule has 2 amide bonds. The number of urea groups is 1. The lowest BCUT2D eigenvalue weighted by molar-refractivity contribution is 0.251. The predicted molar refractivity (Wildman–Crippen MR) is 109 cm³/mol. The maximum atomic E-state index is 12.4. The largest absolute Gasteiger partial charge is 0.338 e. The fraction of sp³-hybridized carbons (Fsp3) is 0.222. The van der Waals surface area contributed by atoms with E-state index in [4.69, 9.17) is 0 Å². The molecule has 0 saturated heterocycles. The van der Waals surface area contributed by atoms with Crippen molar-refractivity contribution >= 4 is 48.4 Å². The maximum absolute atomic E-state index is 12.4. The van der Waals surface area contributed by atoms with E-state index in [2.05, 4.69) is 20.3 Å². The number of sulfonamides is 1. The molecule has 27 heavy (non-hydrogen) atoms. The molecule has 0 saturated carbocycles. The van der Waals surface area contributed by atoms with Crippen LogP contribution in [0.1, 0.15) is 13.8 Å². The maximum Gasteiger partial charge on any atom is 0.319 e. The quantitative estimate of drug-likeness (QED) is 0.580. The molecule has 0 atom stereocenters. The minimum Gasteiger partial charge on any atom is -0.338 e. The third kappa shape index (κ3) is 4.95. The number of carbonyl (C=O) groups excluding carboxylic acids is 1. The summed E-state index contributed by atoms with van der Waals surface area (Å²) in [6, 6.07) is 13.1. The number of fused-ring (bicyclic) bond motifs is 1. The van der Waals surface area contributed by atoms with Crippen LogP contribution in [0.3, 0.4) is 0 Å². The van der Waals surface area contributed by atoms with Gasteiger partial charge in [0, 0.05) is 12.2 Å². The van der Waals surface area contributed by atoms with Gasteiger partial charge in [-0.15, -0.1) is 0 Å². The van der Waals surface area contributed by atoms with Crippen LogP contribution < -0.4 is 15.4 Å². The average Bonchev–Trinajstić information content (AvgIpc) is 3.01. The highest BCUT2D eigenvalue weighted by atomic mass is 32.2. The van der Waals surface area contributed by atoms with E-state index >= 15 is 0 Å². The zero-order chi connectivity index (χ0) is 19.4. The standard InChI is InChI=1S/C18H20N4O3S2/c1-12(2)11-19-17(23)20-13-8-9-15-16(10-13)26-18(21-15)22-27(24,25)14-6-4-3-5-7-14/h3-10,12H,11H2,1-2H3,(H,21,22)(H2,19,20,23). The van der Waals surface area contributed by atoms with Gasteiger partial charge in [0.05, 0.1) is 15.1 Å². The molecule has 9 heteroatoms. The van der Waals surface area contributed by atoms with E-state index in [1.807, 2.05) is 13.8 Å². The summed E-state index contributed by atoms with van der Waals surface area (Å²) in [5.41, 5.74) is 1.27. The van der Waals surface area contributed by atoms with Gasteiger partial charge < -0.3 is 10.6 Å². The molecule has 0 radical (unpaired) electrons. The Bertz CT molecular complexity index is 1050. The van der Waals surface area contributed by atoms with E-state index in [9.17, 15) is 13.2 Å². The summed E-state index contributed by atoms with van der Waals surface area (Å²) < 4.78 is 28.1. The number of hydrogen-bond donors (Lipinski definition) is 3. The molecule has 2 aromatic carbocycles. The minimum atomic E-state index is -3.69. The number of benzene rings is 2. The van der Waals surface area contributed by atoms with Gasteiger partial charge in [-0.25, -0.2) is 18.2 Å².